The number of carbonyl (C=O) groups is 1. The Kier molecular flexibility index (Phi) is 6.04. The normalized spacial score (nSPS) is 19.1. The third-order valence-corrected chi connectivity index (χ3v) is 5.80. The maximum Gasteiger partial charge on any atom is 0.242 e. The first-order valence-corrected chi connectivity index (χ1v) is 10.8. The average molecular weight is 431 g/mol. The number of nitrogens with one attached hydrogen (secondary N) is 1. The average Bonchev–Trinajstić information content (AvgIpc) is 3.28. The minimum atomic E-state index is -0.398. The third-order valence-electron chi connectivity index (χ3n) is 5.80. The quantitative estimate of drug-likeness (QED) is 0.639. The van der Waals surface area contributed by atoms with Crippen LogP contribution in [0.1, 0.15) is 17.2 Å². The summed E-state index contributed by atoms with van der Waals surface area (Å²) in [5, 5.41) is 3.11. The number of rotatable bonds is 6. The van der Waals surface area contributed by atoms with Crippen LogP contribution in [0.3, 0.4) is 0 Å². The van der Waals surface area contributed by atoms with Gasteiger partial charge in [-0.25, -0.2) is 9.97 Å². The van der Waals surface area contributed by atoms with Crippen molar-refractivity contribution in [1.29, 1.82) is 0 Å². The Morgan fingerprint density at radius 3 is 2.72 bits per heavy atom. The predicted octanol–water partition coefficient (Wildman–Crippen LogP) is 2.03. The summed E-state index contributed by atoms with van der Waals surface area (Å²) < 4.78 is 11.7. The molecule has 0 unspecified atom stereocenters. The molecule has 1 saturated heterocycles. The highest BCUT2D eigenvalue weighted by Gasteiger charge is 2.31. The molecule has 0 radical (unpaired) electrons. The Hall–Kier alpha value is -3.36. The minimum Gasteiger partial charge on any atom is -0.487 e. The zero-order valence-corrected chi connectivity index (χ0v) is 17.7. The van der Waals surface area contributed by atoms with Gasteiger partial charge in [-0.15, -0.1) is 0 Å². The Balaban J connectivity index is 1.28. The summed E-state index contributed by atoms with van der Waals surface area (Å²) in [6.07, 6.45) is 7.50. The van der Waals surface area contributed by atoms with E-state index >= 15 is 0 Å². The van der Waals surface area contributed by atoms with Crippen molar-refractivity contribution in [2.75, 3.05) is 32.8 Å². The molecule has 5 rings (SSSR count). The molecule has 4 heterocycles. The SMILES string of the molecule is O=C(NC[C@@H]1Cc2cccc(-c3ncccn3)c2O1)[C@H](c1cccnc1)N1CCOCC1. The molecular formula is C24H25N5O3. The van der Waals surface area contributed by atoms with E-state index in [1.165, 1.54) is 0 Å². The standard InChI is InChI=1S/C24H25N5O3/c30-24(21(18-5-2-7-25-15-18)29-10-12-31-13-11-29)28-16-19-14-17-4-1-6-20(22(17)32-19)23-26-8-3-9-27-23/h1-9,15,19,21H,10-14,16H2,(H,28,30)/t19-,21-/m0/s1. The van der Waals surface area contributed by atoms with Gasteiger partial charge >= 0.3 is 0 Å². The van der Waals surface area contributed by atoms with Crippen molar-refractivity contribution in [2.24, 2.45) is 0 Å². The van der Waals surface area contributed by atoms with Crippen molar-refractivity contribution in [2.45, 2.75) is 18.6 Å². The lowest BCUT2D eigenvalue weighted by molar-refractivity contribution is -0.128. The summed E-state index contributed by atoms with van der Waals surface area (Å²) in [4.78, 5) is 28.3. The fraction of sp³-hybridized carbons (Fsp3) is 0.333. The molecule has 0 bridgehead atoms. The highest BCUT2D eigenvalue weighted by Crippen LogP contribution is 2.37. The largest absolute Gasteiger partial charge is 0.487 e. The number of carbonyl (C=O) groups excluding carboxylic acids is 1. The van der Waals surface area contributed by atoms with Crippen LogP contribution in [0, 0.1) is 0 Å². The number of morpholine rings is 1. The van der Waals surface area contributed by atoms with Crippen molar-refractivity contribution in [3.63, 3.8) is 0 Å². The fourth-order valence-electron chi connectivity index (χ4n) is 4.28. The lowest BCUT2D eigenvalue weighted by atomic mass is 10.0. The summed E-state index contributed by atoms with van der Waals surface area (Å²) in [7, 11) is 0. The minimum absolute atomic E-state index is 0.0499. The maximum atomic E-state index is 13.3. The van der Waals surface area contributed by atoms with Crippen LogP contribution in [0.5, 0.6) is 5.75 Å². The number of para-hydroxylation sites is 1. The molecular weight excluding hydrogens is 406 g/mol. The Bertz CT molecular complexity index is 1060. The van der Waals surface area contributed by atoms with Crippen molar-refractivity contribution in [3.05, 3.63) is 72.3 Å². The molecule has 8 nitrogen and oxygen atoms in total. The first-order valence-electron chi connectivity index (χ1n) is 10.8. The van der Waals surface area contributed by atoms with Crippen LogP contribution in [-0.2, 0) is 16.0 Å². The predicted molar refractivity (Wildman–Crippen MR) is 118 cm³/mol. The van der Waals surface area contributed by atoms with Gasteiger partial charge in [-0.3, -0.25) is 14.7 Å². The summed E-state index contributed by atoms with van der Waals surface area (Å²) in [6, 6.07) is 11.2. The zero-order chi connectivity index (χ0) is 21.8. The molecule has 0 spiro atoms. The number of ether oxygens (including phenoxy) is 2. The smallest absolute Gasteiger partial charge is 0.242 e. The van der Waals surface area contributed by atoms with Gasteiger partial charge in [0, 0.05) is 44.3 Å². The van der Waals surface area contributed by atoms with E-state index in [0.717, 1.165) is 28.9 Å². The highest BCUT2D eigenvalue weighted by atomic mass is 16.5. The highest BCUT2D eigenvalue weighted by molar-refractivity contribution is 5.83. The van der Waals surface area contributed by atoms with Gasteiger partial charge in [0.15, 0.2) is 5.82 Å². The zero-order valence-electron chi connectivity index (χ0n) is 17.7. The first-order chi connectivity index (χ1) is 15.8. The first kappa shape index (κ1) is 20.5. The van der Waals surface area contributed by atoms with Gasteiger partial charge in [0.1, 0.15) is 17.9 Å². The van der Waals surface area contributed by atoms with Crippen molar-refractivity contribution < 1.29 is 14.3 Å². The topological polar surface area (TPSA) is 89.5 Å². The molecule has 8 heteroatoms. The number of fused-ring (bicyclic) bond motifs is 1. The van der Waals surface area contributed by atoms with E-state index in [2.05, 4.69) is 31.2 Å². The number of aromatic nitrogens is 3. The molecule has 1 amide bonds. The van der Waals surface area contributed by atoms with Crippen LogP contribution in [-0.4, -0.2) is 64.7 Å². The van der Waals surface area contributed by atoms with Crippen LogP contribution in [0.15, 0.2) is 61.2 Å². The molecule has 1 N–H and O–H groups in total. The molecule has 3 aromatic rings. The van der Waals surface area contributed by atoms with Crippen LogP contribution < -0.4 is 10.1 Å². The summed E-state index contributed by atoms with van der Waals surface area (Å²) in [5.41, 5.74) is 2.86. The van der Waals surface area contributed by atoms with Crippen LogP contribution >= 0.6 is 0 Å². The van der Waals surface area contributed by atoms with Gasteiger partial charge in [-0.1, -0.05) is 18.2 Å². The van der Waals surface area contributed by atoms with E-state index in [9.17, 15) is 4.79 Å². The summed E-state index contributed by atoms with van der Waals surface area (Å²) in [5.74, 6) is 1.39. The number of pyridine rings is 1. The lowest BCUT2D eigenvalue weighted by Gasteiger charge is -2.33. The third kappa shape index (κ3) is 4.32. The van der Waals surface area contributed by atoms with Gasteiger partial charge in [0.25, 0.3) is 0 Å². The summed E-state index contributed by atoms with van der Waals surface area (Å²) >= 11 is 0. The molecule has 1 fully saturated rings. The van der Waals surface area contributed by atoms with Gasteiger partial charge in [-0.05, 0) is 29.3 Å². The second kappa shape index (κ2) is 9.42. The van der Waals surface area contributed by atoms with Crippen molar-refractivity contribution >= 4 is 5.91 Å². The van der Waals surface area contributed by atoms with Gasteiger partial charge in [-0.2, -0.15) is 0 Å². The van der Waals surface area contributed by atoms with E-state index in [-0.39, 0.29) is 12.0 Å². The van der Waals surface area contributed by atoms with Gasteiger partial charge < -0.3 is 14.8 Å². The molecule has 1 aromatic carbocycles. The van der Waals surface area contributed by atoms with Gasteiger partial charge in [0.2, 0.25) is 5.91 Å². The second-order valence-electron chi connectivity index (χ2n) is 7.89. The maximum absolute atomic E-state index is 13.3. The van der Waals surface area contributed by atoms with E-state index in [4.69, 9.17) is 9.47 Å². The van der Waals surface area contributed by atoms with E-state index in [1.807, 2.05) is 24.3 Å². The summed E-state index contributed by atoms with van der Waals surface area (Å²) in [6.45, 7) is 3.08. The number of hydrogen-bond acceptors (Lipinski definition) is 7. The number of benzene rings is 1. The number of hydrogen-bond donors (Lipinski definition) is 1. The van der Waals surface area contributed by atoms with Crippen LogP contribution in [0.25, 0.3) is 11.4 Å². The fourth-order valence-corrected chi connectivity index (χ4v) is 4.28. The van der Waals surface area contributed by atoms with Crippen LogP contribution in [0.4, 0.5) is 0 Å². The van der Waals surface area contributed by atoms with Crippen molar-refractivity contribution in [3.8, 4) is 17.1 Å². The number of nitrogens with zero attached hydrogens (tertiary/aromatic N) is 4. The Labute approximate surface area is 186 Å². The van der Waals surface area contributed by atoms with E-state index in [0.29, 0.717) is 38.7 Å². The molecule has 164 valence electrons. The van der Waals surface area contributed by atoms with Gasteiger partial charge in [0.05, 0.1) is 25.3 Å². The molecule has 2 aliphatic rings. The number of amides is 1. The lowest BCUT2D eigenvalue weighted by Crippen LogP contribution is -2.47. The second-order valence-corrected chi connectivity index (χ2v) is 7.89. The molecule has 2 aliphatic heterocycles. The van der Waals surface area contributed by atoms with E-state index in [1.54, 1.807) is 30.9 Å². The Morgan fingerprint density at radius 2 is 1.94 bits per heavy atom. The Morgan fingerprint density at radius 1 is 1.09 bits per heavy atom. The van der Waals surface area contributed by atoms with Crippen LogP contribution in [0.2, 0.25) is 0 Å². The molecule has 2 atom stereocenters. The molecule has 32 heavy (non-hydrogen) atoms. The van der Waals surface area contributed by atoms with E-state index < -0.39 is 6.04 Å². The molecule has 0 aliphatic carbocycles. The van der Waals surface area contributed by atoms with Crippen molar-refractivity contribution in [1.82, 2.24) is 25.2 Å². The molecule has 0 saturated carbocycles. The molecule has 2 aromatic heterocycles. The monoisotopic (exact) mass is 431 g/mol.